The second-order valence-electron chi connectivity index (χ2n) is 5.97. The number of carbonyl (C=O) groups is 1. The average molecular weight is 306 g/mol. The molecule has 116 valence electrons. The fourth-order valence-electron chi connectivity index (χ4n) is 3.05. The number of hydrogen-bond donors (Lipinski definition) is 1. The minimum atomic E-state index is -0.00435. The van der Waals surface area contributed by atoms with Crippen LogP contribution in [-0.2, 0) is 6.42 Å². The molecule has 2 aromatic rings. The number of phenols is 1. The van der Waals surface area contributed by atoms with Crippen molar-refractivity contribution in [3.8, 4) is 11.8 Å². The van der Waals surface area contributed by atoms with E-state index in [1.54, 1.807) is 36.4 Å². The van der Waals surface area contributed by atoms with Crippen molar-refractivity contribution < 1.29 is 9.90 Å². The first-order valence-electron chi connectivity index (χ1n) is 7.73. The van der Waals surface area contributed by atoms with Crippen molar-refractivity contribution in [1.29, 1.82) is 5.26 Å². The standard InChI is InChI=1S/C19H18N2O2/c20-12-15-2-1-3-17(11-15)19(23)21-9-8-16(13-21)10-14-4-6-18(22)7-5-14/h1-7,11,16,22H,8-10,13H2. The third kappa shape index (κ3) is 3.51. The van der Waals surface area contributed by atoms with Gasteiger partial charge in [0.25, 0.3) is 5.91 Å². The first kappa shape index (κ1) is 15.1. The van der Waals surface area contributed by atoms with Gasteiger partial charge in [0.05, 0.1) is 11.6 Å². The second-order valence-corrected chi connectivity index (χ2v) is 5.97. The zero-order valence-corrected chi connectivity index (χ0v) is 12.8. The van der Waals surface area contributed by atoms with E-state index in [2.05, 4.69) is 6.07 Å². The lowest BCUT2D eigenvalue weighted by Crippen LogP contribution is -2.29. The van der Waals surface area contributed by atoms with Crippen LogP contribution in [0.5, 0.6) is 5.75 Å². The lowest BCUT2D eigenvalue weighted by atomic mass is 9.99. The third-order valence-electron chi connectivity index (χ3n) is 4.27. The van der Waals surface area contributed by atoms with Crippen LogP contribution in [0, 0.1) is 17.2 Å². The molecule has 0 aliphatic carbocycles. The van der Waals surface area contributed by atoms with Crippen molar-refractivity contribution in [3.63, 3.8) is 0 Å². The van der Waals surface area contributed by atoms with Gasteiger partial charge in [-0.15, -0.1) is 0 Å². The van der Waals surface area contributed by atoms with Crippen LogP contribution >= 0.6 is 0 Å². The Bertz CT molecular complexity index is 747. The van der Waals surface area contributed by atoms with Crippen molar-refractivity contribution >= 4 is 5.91 Å². The zero-order valence-electron chi connectivity index (χ0n) is 12.8. The van der Waals surface area contributed by atoms with E-state index in [1.165, 1.54) is 5.56 Å². The highest BCUT2D eigenvalue weighted by molar-refractivity contribution is 5.94. The Labute approximate surface area is 135 Å². The van der Waals surface area contributed by atoms with E-state index in [0.29, 0.717) is 17.0 Å². The van der Waals surface area contributed by atoms with Crippen molar-refractivity contribution in [3.05, 3.63) is 65.2 Å². The van der Waals surface area contributed by atoms with Gasteiger partial charge in [-0.3, -0.25) is 4.79 Å². The number of carbonyl (C=O) groups excluding carboxylic acids is 1. The summed E-state index contributed by atoms with van der Waals surface area (Å²) >= 11 is 0. The molecule has 4 nitrogen and oxygen atoms in total. The Morgan fingerprint density at radius 3 is 2.78 bits per heavy atom. The maximum Gasteiger partial charge on any atom is 0.253 e. The zero-order chi connectivity index (χ0) is 16.2. The highest BCUT2D eigenvalue weighted by Crippen LogP contribution is 2.23. The number of phenolic OH excluding ortho intramolecular Hbond substituents is 1. The van der Waals surface area contributed by atoms with Crippen molar-refractivity contribution in [2.75, 3.05) is 13.1 Å². The van der Waals surface area contributed by atoms with Gasteiger partial charge in [-0.2, -0.15) is 5.26 Å². The summed E-state index contributed by atoms with van der Waals surface area (Å²) in [5.74, 6) is 0.701. The van der Waals surface area contributed by atoms with Gasteiger partial charge in [-0.25, -0.2) is 0 Å². The lowest BCUT2D eigenvalue weighted by Gasteiger charge is -2.17. The van der Waals surface area contributed by atoms with Gasteiger partial charge < -0.3 is 10.0 Å². The summed E-state index contributed by atoms with van der Waals surface area (Å²) in [4.78, 5) is 14.4. The third-order valence-corrected chi connectivity index (χ3v) is 4.27. The smallest absolute Gasteiger partial charge is 0.253 e. The number of amides is 1. The van der Waals surface area contributed by atoms with Crippen LogP contribution in [0.1, 0.15) is 27.9 Å². The average Bonchev–Trinajstić information content (AvgIpc) is 3.05. The molecule has 1 atom stereocenters. The van der Waals surface area contributed by atoms with E-state index >= 15 is 0 Å². The highest BCUT2D eigenvalue weighted by Gasteiger charge is 2.27. The number of benzene rings is 2. The van der Waals surface area contributed by atoms with Crippen LogP contribution in [0.3, 0.4) is 0 Å². The molecule has 3 rings (SSSR count). The van der Waals surface area contributed by atoms with E-state index in [0.717, 1.165) is 25.9 Å². The molecule has 0 aromatic heterocycles. The van der Waals surface area contributed by atoms with E-state index in [1.807, 2.05) is 17.0 Å². The molecule has 23 heavy (non-hydrogen) atoms. The molecule has 1 amide bonds. The summed E-state index contributed by atoms with van der Waals surface area (Å²) in [6.07, 6.45) is 1.88. The fourth-order valence-corrected chi connectivity index (χ4v) is 3.05. The van der Waals surface area contributed by atoms with Crippen LogP contribution < -0.4 is 0 Å². The van der Waals surface area contributed by atoms with Crippen LogP contribution in [0.15, 0.2) is 48.5 Å². The summed E-state index contributed by atoms with van der Waals surface area (Å²) in [7, 11) is 0. The number of aromatic hydroxyl groups is 1. The number of rotatable bonds is 3. The molecule has 0 radical (unpaired) electrons. The summed E-state index contributed by atoms with van der Waals surface area (Å²) in [5, 5.41) is 18.3. The summed E-state index contributed by atoms with van der Waals surface area (Å²) in [5.41, 5.74) is 2.26. The SMILES string of the molecule is N#Cc1cccc(C(=O)N2CCC(Cc3ccc(O)cc3)C2)c1. The predicted molar refractivity (Wildman–Crippen MR) is 87.0 cm³/mol. The maximum atomic E-state index is 12.5. The molecule has 0 spiro atoms. The minimum Gasteiger partial charge on any atom is -0.508 e. The lowest BCUT2D eigenvalue weighted by molar-refractivity contribution is 0.0787. The molecule has 1 N–H and O–H groups in total. The Kier molecular flexibility index (Phi) is 4.29. The van der Waals surface area contributed by atoms with Crippen molar-refractivity contribution in [1.82, 2.24) is 4.90 Å². The molecule has 1 unspecified atom stereocenters. The molecule has 1 heterocycles. The first-order chi connectivity index (χ1) is 11.2. The van der Waals surface area contributed by atoms with Gasteiger partial charge in [-0.1, -0.05) is 18.2 Å². The summed E-state index contributed by atoms with van der Waals surface area (Å²) < 4.78 is 0. The molecular formula is C19H18N2O2. The van der Waals surface area contributed by atoms with Crippen LogP contribution in [0.4, 0.5) is 0 Å². The predicted octanol–water partition coefficient (Wildman–Crippen LogP) is 2.97. The number of nitriles is 1. The van der Waals surface area contributed by atoms with Gasteiger partial charge in [0.15, 0.2) is 0 Å². The van der Waals surface area contributed by atoms with E-state index in [-0.39, 0.29) is 11.7 Å². The van der Waals surface area contributed by atoms with E-state index in [4.69, 9.17) is 5.26 Å². The number of nitrogens with zero attached hydrogens (tertiary/aromatic N) is 2. The van der Waals surface area contributed by atoms with Gasteiger partial charge >= 0.3 is 0 Å². The molecule has 0 bridgehead atoms. The molecule has 4 heteroatoms. The Morgan fingerprint density at radius 1 is 1.26 bits per heavy atom. The number of hydrogen-bond acceptors (Lipinski definition) is 3. The molecular weight excluding hydrogens is 288 g/mol. The van der Waals surface area contributed by atoms with Crippen molar-refractivity contribution in [2.24, 2.45) is 5.92 Å². The van der Waals surface area contributed by atoms with E-state index in [9.17, 15) is 9.90 Å². The molecule has 0 saturated carbocycles. The first-order valence-corrected chi connectivity index (χ1v) is 7.73. The molecule has 1 aliphatic heterocycles. The quantitative estimate of drug-likeness (QED) is 0.948. The summed E-state index contributed by atoms with van der Waals surface area (Å²) in [6.45, 7) is 1.48. The molecule has 1 aliphatic rings. The molecule has 2 aromatic carbocycles. The monoisotopic (exact) mass is 306 g/mol. The maximum absolute atomic E-state index is 12.5. The molecule has 1 fully saturated rings. The highest BCUT2D eigenvalue weighted by atomic mass is 16.3. The topological polar surface area (TPSA) is 64.3 Å². The normalized spacial score (nSPS) is 17.0. The van der Waals surface area contributed by atoms with Crippen LogP contribution in [0.2, 0.25) is 0 Å². The van der Waals surface area contributed by atoms with Crippen molar-refractivity contribution in [2.45, 2.75) is 12.8 Å². The van der Waals surface area contributed by atoms with Gasteiger partial charge in [0.1, 0.15) is 5.75 Å². The van der Waals surface area contributed by atoms with Crippen LogP contribution in [0.25, 0.3) is 0 Å². The minimum absolute atomic E-state index is 0.00435. The number of likely N-dealkylation sites (tertiary alicyclic amines) is 1. The van der Waals surface area contributed by atoms with Gasteiger partial charge in [0, 0.05) is 18.7 Å². The Morgan fingerprint density at radius 2 is 2.04 bits per heavy atom. The Balaban J connectivity index is 1.63. The van der Waals surface area contributed by atoms with E-state index < -0.39 is 0 Å². The second kappa shape index (κ2) is 6.53. The largest absolute Gasteiger partial charge is 0.508 e. The van der Waals surface area contributed by atoms with Crippen LogP contribution in [-0.4, -0.2) is 29.0 Å². The van der Waals surface area contributed by atoms with Gasteiger partial charge in [0.2, 0.25) is 0 Å². The fraction of sp³-hybridized carbons (Fsp3) is 0.263. The van der Waals surface area contributed by atoms with Gasteiger partial charge in [-0.05, 0) is 54.7 Å². The molecule has 1 saturated heterocycles. The Hall–Kier alpha value is -2.80. The summed E-state index contributed by atoms with van der Waals surface area (Å²) in [6, 6.07) is 16.2.